The van der Waals surface area contributed by atoms with Crippen molar-refractivity contribution >= 4 is 5.91 Å². The maximum absolute atomic E-state index is 12.1. The smallest absolute Gasteiger partial charge is 0.239 e. The zero-order valence-corrected chi connectivity index (χ0v) is 11.1. The number of aliphatic hydroxyl groups is 1. The second kappa shape index (κ2) is 7.67. The molecule has 4 heteroatoms. The lowest BCUT2D eigenvalue weighted by Gasteiger charge is -2.24. The molecular weight excluding hydrogens is 216 g/mol. The number of rotatable bonds is 7. The molecule has 100 valence electrons. The molecule has 1 aliphatic heterocycles. The Labute approximate surface area is 104 Å². The third kappa shape index (κ3) is 4.64. The van der Waals surface area contributed by atoms with Gasteiger partial charge in [-0.05, 0) is 26.2 Å². The number of aliphatic hydroxyl groups excluding tert-OH is 1. The van der Waals surface area contributed by atoms with Gasteiger partial charge in [0.05, 0.1) is 6.04 Å². The highest BCUT2D eigenvalue weighted by Crippen LogP contribution is 2.13. The Kier molecular flexibility index (Phi) is 6.52. The van der Waals surface area contributed by atoms with Gasteiger partial charge in [0.1, 0.15) is 6.23 Å². The zero-order valence-electron chi connectivity index (χ0n) is 11.1. The third-order valence-electron chi connectivity index (χ3n) is 3.40. The summed E-state index contributed by atoms with van der Waals surface area (Å²) in [6.45, 7) is 5.82. The minimum Gasteiger partial charge on any atom is -0.379 e. The van der Waals surface area contributed by atoms with Gasteiger partial charge in [-0.1, -0.05) is 26.2 Å². The quantitative estimate of drug-likeness (QED) is 0.665. The van der Waals surface area contributed by atoms with Gasteiger partial charge in [0.15, 0.2) is 0 Å². The van der Waals surface area contributed by atoms with Crippen LogP contribution in [0.1, 0.15) is 52.4 Å². The van der Waals surface area contributed by atoms with Gasteiger partial charge >= 0.3 is 0 Å². The summed E-state index contributed by atoms with van der Waals surface area (Å²) in [5, 5.41) is 12.3. The van der Waals surface area contributed by atoms with Gasteiger partial charge in [-0.2, -0.15) is 0 Å². The van der Waals surface area contributed by atoms with Crippen LogP contribution in [0.2, 0.25) is 0 Å². The summed E-state index contributed by atoms with van der Waals surface area (Å²) in [6, 6.07) is -0.170. The molecule has 1 heterocycles. The molecule has 0 radical (unpaired) electrons. The van der Waals surface area contributed by atoms with Crippen molar-refractivity contribution in [3.63, 3.8) is 0 Å². The average molecular weight is 242 g/mol. The van der Waals surface area contributed by atoms with Crippen LogP contribution in [0.15, 0.2) is 0 Å². The van der Waals surface area contributed by atoms with E-state index >= 15 is 0 Å². The van der Waals surface area contributed by atoms with Crippen molar-refractivity contribution in [2.75, 3.05) is 13.1 Å². The number of hydrogen-bond acceptors (Lipinski definition) is 3. The van der Waals surface area contributed by atoms with E-state index in [1.165, 1.54) is 19.3 Å². The Morgan fingerprint density at radius 1 is 1.29 bits per heavy atom. The standard InChI is InChI=1S/C13H26N2O2/c1-3-5-6-7-10-15(4-2)13(17)11-8-9-12(16)14-11/h11-12,14,16H,3-10H2,1-2H3/t11-,12?/m0/s1. The summed E-state index contributed by atoms with van der Waals surface area (Å²) in [6.07, 6.45) is 5.68. The Morgan fingerprint density at radius 2 is 2.06 bits per heavy atom. The number of carbonyl (C=O) groups excluding carboxylic acids is 1. The first-order chi connectivity index (χ1) is 8.19. The number of carbonyl (C=O) groups is 1. The van der Waals surface area contributed by atoms with E-state index in [9.17, 15) is 9.90 Å². The van der Waals surface area contributed by atoms with E-state index in [-0.39, 0.29) is 11.9 Å². The SMILES string of the molecule is CCCCCCN(CC)C(=O)[C@@H]1CCC(O)N1. The van der Waals surface area contributed by atoms with Crippen LogP contribution in [0, 0.1) is 0 Å². The molecule has 1 fully saturated rings. The van der Waals surface area contributed by atoms with E-state index in [2.05, 4.69) is 12.2 Å². The topological polar surface area (TPSA) is 52.6 Å². The van der Waals surface area contributed by atoms with E-state index in [0.717, 1.165) is 25.9 Å². The molecule has 0 saturated carbocycles. The molecule has 0 aromatic rings. The van der Waals surface area contributed by atoms with E-state index < -0.39 is 6.23 Å². The molecule has 1 saturated heterocycles. The molecule has 0 spiro atoms. The van der Waals surface area contributed by atoms with Gasteiger partial charge < -0.3 is 10.0 Å². The van der Waals surface area contributed by atoms with Crippen LogP contribution < -0.4 is 5.32 Å². The highest BCUT2D eigenvalue weighted by Gasteiger charge is 2.30. The van der Waals surface area contributed by atoms with Crippen LogP contribution in [0.3, 0.4) is 0 Å². The fraction of sp³-hybridized carbons (Fsp3) is 0.923. The fourth-order valence-electron chi connectivity index (χ4n) is 2.29. The van der Waals surface area contributed by atoms with Crippen molar-refractivity contribution in [3.8, 4) is 0 Å². The van der Waals surface area contributed by atoms with E-state index in [0.29, 0.717) is 6.42 Å². The lowest BCUT2D eigenvalue weighted by molar-refractivity contribution is -0.133. The molecule has 1 aliphatic rings. The summed E-state index contributed by atoms with van der Waals surface area (Å²) in [7, 11) is 0. The second-order valence-corrected chi connectivity index (χ2v) is 4.79. The van der Waals surface area contributed by atoms with Crippen molar-refractivity contribution in [1.82, 2.24) is 10.2 Å². The molecule has 4 nitrogen and oxygen atoms in total. The Balaban J connectivity index is 2.30. The second-order valence-electron chi connectivity index (χ2n) is 4.79. The fourth-order valence-corrected chi connectivity index (χ4v) is 2.29. The Bertz CT molecular complexity index is 233. The highest BCUT2D eigenvalue weighted by molar-refractivity contribution is 5.82. The van der Waals surface area contributed by atoms with Crippen molar-refractivity contribution in [2.45, 2.75) is 64.6 Å². The highest BCUT2D eigenvalue weighted by atomic mass is 16.3. The summed E-state index contributed by atoms with van der Waals surface area (Å²) >= 11 is 0. The monoisotopic (exact) mass is 242 g/mol. The van der Waals surface area contributed by atoms with Crippen molar-refractivity contribution < 1.29 is 9.90 Å². The Hall–Kier alpha value is -0.610. The molecule has 1 rings (SSSR count). The number of amides is 1. The molecule has 2 N–H and O–H groups in total. The van der Waals surface area contributed by atoms with Crippen LogP contribution >= 0.6 is 0 Å². The molecule has 0 aromatic heterocycles. The van der Waals surface area contributed by atoms with Crippen LogP contribution in [0.25, 0.3) is 0 Å². The average Bonchev–Trinajstić information content (AvgIpc) is 2.75. The van der Waals surface area contributed by atoms with Crippen LogP contribution in [0.4, 0.5) is 0 Å². The van der Waals surface area contributed by atoms with Crippen molar-refractivity contribution in [3.05, 3.63) is 0 Å². The van der Waals surface area contributed by atoms with Crippen molar-refractivity contribution in [1.29, 1.82) is 0 Å². The predicted molar refractivity (Wildman–Crippen MR) is 68.6 cm³/mol. The molecule has 2 atom stereocenters. The number of hydrogen-bond donors (Lipinski definition) is 2. The van der Waals surface area contributed by atoms with Gasteiger partial charge in [-0.15, -0.1) is 0 Å². The first kappa shape index (κ1) is 14.5. The number of nitrogens with one attached hydrogen (secondary N) is 1. The molecule has 1 amide bonds. The van der Waals surface area contributed by atoms with Gasteiger partial charge in [0.25, 0.3) is 0 Å². The maximum Gasteiger partial charge on any atom is 0.239 e. The molecule has 0 bridgehead atoms. The zero-order chi connectivity index (χ0) is 12.7. The number of nitrogens with zero attached hydrogens (tertiary/aromatic N) is 1. The minimum absolute atomic E-state index is 0.153. The maximum atomic E-state index is 12.1. The van der Waals surface area contributed by atoms with Crippen LogP contribution in [0.5, 0.6) is 0 Å². The molecule has 0 aliphatic carbocycles. The molecular formula is C13H26N2O2. The minimum atomic E-state index is -0.497. The first-order valence-electron chi connectivity index (χ1n) is 6.92. The van der Waals surface area contributed by atoms with E-state index in [1.807, 2.05) is 11.8 Å². The summed E-state index contributed by atoms with van der Waals surface area (Å²) in [5.74, 6) is 0.153. The van der Waals surface area contributed by atoms with Gasteiger partial charge in [0.2, 0.25) is 5.91 Å². The largest absolute Gasteiger partial charge is 0.379 e. The van der Waals surface area contributed by atoms with Crippen LogP contribution in [-0.2, 0) is 4.79 Å². The van der Waals surface area contributed by atoms with Gasteiger partial charge in [-0.3, -0.25) is 10.1 Å². The summed E-state index contributed by atoms with van der Waals surface area (Å²) in [5.41, 5.74) is 0. The lowest BCUT2D eigenvalue weighted by atomic mass is 10.1. The van der Waals surface area contributed by atoms with E-state index in [1.54, 1.807) is 0 Å². The normalized spacial score (nSPS) is 23.9. The van der Waals surface area contributed by atoms with E-state index in [4.69, 9.17) is 0 Å². The van der Waals surface area contributed by atoms with Gasteiger partial charge in [0, 0.05) is 13.1 Å². The van der Waals surface area contributed by atoms with Crippen LogP contribution in [-0.4, -0.2) is 41.3 Å². The van der Waals surface area contributed by atoms with Crippen molar-refractivity contribution in [2.24, 2.45) is 0 Å². The molecule has 1 unspecified atom stereocenters. The first-order valence-corrected chi connectivity index (χ1v) is 6.92. The lowest BCUT2D eigenvalue weighted by Crippen LogP contribution is -2.45. The van der Waals surface area contributed by atoms with Gasteiger partial charge in [-0.25, -0.2) is 0 Å². The summed E-state index contributed by atoms with van der Waals surface area (Å²) < 4.78 is 0. The predicted octanol–water partition coefficient (Wildman–Crippen LogP) is 1.49. The molecule has 17 heavy (non-hydrogen) atoms. The summed E-state index contributed by atoms with van der Waals surface area (Å²) in [4.78, 5) is 14.0. The number of likely N-dealkylation sites (N-methyl/N-ethyl adjacent to an activating group) is 1. The number of unbranched alkanes of at least 4 members (excludes halogenated alkanes) is 3. The third-order valence-corrected chi connectivity index (χ3v) is 3.40. The molecule has 0 aromatic carbocycles. The Morgan fingerprint density at radius 3 is 2.59 bits per heavy atom.